The molecule has 0 radical (unpaired) electrons. The molecule has 2 unspecified atom stereocenters. The summed E-state index contributed by atoms with van der Waals surface area (Å²) in [5.41, 5.74) is -0.458. The summed E-state index contributed by atoms with van der Waals surface area (Å²) in [6.07, 6.45) is 3.40. The molecule has 0 aliphatic carbocycles. The molecule has 1 aliphatic heterocycles. The Balaban J connectivity index is 2.46. The second kappa shape index (κ2) is 7.30. The van der Waals surface area contributed by atoms with Crippen LogP contribution in [-0.2, 0) is 4.74 Å². The van der Waals surface area contributed by atoms with Crippen LogP contribution < -0.4 is 0 Å². The molecule has 1 aliphatic rings. The summed E-state index contributed by atoms with van der Waals surface area (Å²) in [4.78, 5) is 13.8. The van der Waals surface area contributed by atoms with Crippen molar-refractivity contribution in [2.24, 2.45) is 11.8 Å². The molecule has 1 fully saturated rings. The number of carbonyl (C=O) groups is 1. The van der Waals surface area contributed by atoms with E-state index < -0.39 is 5.60 Å². The first kappa shape index (κ1) is 17.3. The van der Waals surface area contributed by atoms with E-state index in [0.29, 0.717) is 25.4 Å². The van der Waals surface area contributed by atoms with Gasteiger partial charge in [-0.25, -0.2) is 4.79 Å². The van der Waals surface area contributed by atoms with Crippen molar-refractivity contribution in [3.63, 3.8) is 0 Å². The number of aliphatic hydroxyl groups is 1. The lowest BCUT2D eigenvalue weighted by atomic mass is 9.89. The van der Waals surface area contributed by atoms with Crippen LogP contribution >= 0.6 is 0 Å². The molecule has 0 spiro atoms. The van der Waals surface area contributed by atoms with Crippen molar-refractivity contribution in [2.45, 2.75) is 72.0 Å². The van der Waals surface area contributed by atoms with E-state index in [1.807, 2.05) is 20.8 Å². The highest BCUT2D eigenvalue weighted by molar-refractivity contribution is 5.68. The molecule has 118 valence electrons. The van der Waals surface area contributed by atoms with Crippen LogP contribution in [0.1, 0.15) is 60.3 Å². The van der Waals surface area contributed by atoms with Gasteiger partial charge in [-0.3, -0.25) is 0 Å². The van der Waals surface area contributed by atoms with Gasteiger partial charge in [-0.1, -0.05) is 26.7 Å². The van der Waals surface area contributed by atoms with Crippen LogP contribution in [0.3, 0.4) is 0 Å². The minimum Gasteiger partial charge on any atom is -0.444 e. The summed E-state index contributed by atoms with van der Waals surface area (Å²) < 4.78 is 5.41. The van der Waals surface area contributed by atoms with Crippen molar-refractivity contribution in [2.75, 3.05) is 13.1 Å². The maximum atomic E-state index is 12.1. The highest BCUT2D eigenvalue weighted by Crippen LogP contribution is 2.24. The number of amides is 1. The van der Waals surface area contributed by atoms with Gasteiger partial charge in [0.15, 0.2) is 0 Å². The Hall–Kier alpha value is -0.770. The van der Waals surface area contributed by atoms with Crippen LogP contribution in [0, 0.1) is 11.8 Å². The SMILES string of the molecule is CC(C)CCCC1CN(C(=O)OC(C)(C)C)CCC1O. The molecule has 1 saturated heterocycles. The van der Waals surface area contributed by atoms with Gasteiger partial charge < -0.3 is 14.7 Å². The predicted molar refractivity (Wildman–Crippen MR) is 80.6 cm³/mol. The Morgan fingerprint density at radius 2 is 2.05 bits per heavy atom. The topological polar surface area (TPSA) is 49.8 Å². The van der Waals surface area contributed by atoms with Gasteiger partial charge in [-0.05, 0) is 39.5 Å². The van der Waals surface area contributed by atoms with Gasteiger partial charge in [-0.15, -0.1) is 0 Å². The summed E-state index contributed by atoms with van der Waals surface area (Å²) >= 11 is 0. The highest BCUT2D eigenvalue weighted by Gasteiger charge is 2.32. The van der Waals surface area contributed by atoms with E-state index in [4.69, 9.17) is 4.74 Å². The Labute approximate surface area is 123 Å². The molecule has 4 nitrogen and oxygen atoms in total. The number of rotatable bonds is 4. The zero-order valence-electron chi connectivity index (χ0n) is 13.7. The summed E-state index contributed by atoms with van der Waals surface area (Å²) in [6, 6.07) is 0. The number of carbonyl (C=O) groups excluding carboxylic acids is 1. The number of nitrogens with zero attached hydrogens (tertiary/aromatic N) is 1. The second-order valence-corrected chi connectivity index (χ2v) is 7.37. The van der Waals surface area contributed by atoms with E-state index in [1.165, 1.54) is 6.42 Å². The number of ether oxygens (including phenoxy) is 1. The van der Waals surface area contributed by atoms with Crippen molar-refractivity contribution in [3.8, 4) is 0 Å². The van der Waals surface area contributed by atoms with E-state index >= 15 is 0 Å². The molecule has 1 heterocycles. The van der Waals surface area contributed by atoms with Crippen molar-refractivity contribution >= 4 is 6.09 Å². The average molecular weight is 285 g/mol. The van der Waals surface area contributed by atoms with Crippen molar-refractivity contribution < 1.29 is 14.6 Å². The Kier molecular flexibility index (Phi) is 6.31. The first-order chi connectivity index (χ1) is 9.19. The Bertz CT molecular complexity index is 309. The first-order valence-electron chi connectivity index (χ1n) is 7.85. The fraction of sp³-hybridized carbons (Fsp3) is 0.938. The van der Waals surface area contributed by atoms with Crippen LogP contribution in [0.2, 0.25) is 0 Å². The van der Waals surface area contributed by atoms with Gasteiger partial charge in [0.05, 0.1) is 6.10 Å². The third-order valence-electron chi connectivity index (χ3n) is 3.70. The first-order valence-corrected chi connectivity index (χ1v) is 7.85. The summed E-state index contributed by atoms with van der Waals surface area (Å²) in [7, 11) is 0. The van der Waals surface area contributed by atoms with Gasteiger partial charge in [0.1, 0.15) is 5.60 Å². The third kappa shape index (κ3) is 6.12. The highest BCUT2D eigenvalue weighted by atomic mass is 16.6. The van der Waals surface area contributed by atoms with Gasteiger partial charge in [0.25, 0.3) is 0 Å². The van der Waals surface area contributed by atoms with Crippen molar-refractivity contribution in [1.82, 2.24) is 4.90 Å². The quantitative estimate of drug-likeness (QED) is 0.861. The van der Waals surface area contributed by atoms with Gasteiger partial charge in [0.2, 0.25) is 0 Å². The standard InChI is InChI=1S/C16H31NO3/c1-12(2)7-6-8-13-11-17(10-9-14(13)18)15(19)20-16(3,4)5/h12-14,18H,6-11H2,1-5H3. The lowest BCUT2D eigenvalue weighted by molar-refractivity contribution is -0.0105. The van der Waals surface area contributed by atoms with E-state index in [0.717, 1.165) is 12.8 Å². The second-order valence-electron chi connectivity index (χ2n) is 7.37. The van der Waals surface area contributed by atoms with Crippen LogP contribution in [0.15, 0.2) is 0 Å². The van der Waals surface area contributed by atoms with Crippen molar-refractivity contribution in [1.29, 1.82) is 0 Å². The van der Waals surface area contributed by atoms with Gasteiger partial charge in [0, 0.05) is 19.0 Å². The molecule has 4 heteroatoms. The van der Waals surface area contributed by atoms with Gasteiger partial charge in [-0.2, -0.15) is 0 Å². The van der Waals surface area contributed by atoms with Crippen LogP contribution in [0.4, 0.5) is 4.79 Å². The number of hydrogen-bond acceptors (Lipinski definition) is 3. The van der Waals surface area contributed by atoms with Crippen LogP contribution in [-0.4, -0.2) is 40.9 Å². The minimum absolute atomic E-state index is 0.190. The molecule has 0 aromatic carbocycles. The lowest BCUT2D eigenvalue weighted by Gasteiger charge is -2.37. The fourth-order valence-corrected chi connectivity index (χ4v) is 2.58. The lowest BCUT2D eigenvalue weighted by Crippen LogP contribution is -2.47. The van der Waals surface area contributed by atoms with E-state index in [9.17, 15) is 9.90 Å². The molecule has 1 amide bonds. The van der Waals surface area contributed by atoms with Crippen LogP contribution in [0.25, 0.3) is 0 Å². The summed E-state index contributed by atoms with van der Waals surface area (Å²) in [5.74, 6) is 0.882. The summed E-state index contributed by atoms with van der Waals surface area (Å²) in [5, 5.41) is 10.1. The zero-order chi connectivity index (χ0) is 15.3. The molecule has 20 heavy (non-hydrogen) atoms. The maximum absolute atomic E-state index is 12.1. The third-order valence-corrected chi connectivity index (χ3v) is 3.70. The average Bonchev–Trinajstić information content (AvgIpc) is 2.28. The number of piperidine rings is 1. The van der Waals surface area contributed by atoms with Crippen molar-refractivity contribution in [3.05, 3.63) is 0 Å². The number of hydrogen-bond donors (Lipinski definition) is 1. The molecule has 0 saturated carbocycles. The maximum Gasteiger partial charge on any atom is 0.410 e. The monoisotopic (exact) mass is 285 g/mol. The fourth-order valence-electron chi connectivity index (χ4n) is 2.58. The van der Waals surface area contributed by atoms with Gasteiger partial charge >= 0.3 is 6.09 Å². The Morgan fingerprint density at radius 3 is 2.60 bits per heavy atom. The Morgan fingerprint density at radius 1 is 1.40 bits per heavy atom. The van der Waals surface area contributed by atoms with E-state index in [1.54, 1.807) is 4.90 Å². The predicted octanol–water partition coefficient (Wildman–Crippen LogP) is 3.43. The molecular formula is C16H31NO3. The zero-order valence-corrected chi connectivity index (χ0v) is 13.7. The molecule has 2 atom stereocenters. The van der Waals surface area contributed by atoms with E-state index in [-0.39, 0.29) is 18.1 Å². The van der Waals surface area contributed by atoms with E-state index in [2.05, 4.69) is 13.8 Å². The smallest absolute Gasteiger partial charge is 0.410 e. The number of likely N-dealkylation sites (tertiary alicyclic amines) is 1. The normalized spacial score (nSPS) is 24.1. The molecular weight excluding hydrogens is 254 g/mol. The van der Waals surface area contributed by atoms with Crippen LogP contribution in [0.5, 0.6) is 0 Å². The minimum atomic E-state index is -0.458. The largest absolute Gasteiger partial charge is 0.444 e. The molecule has 1 rings (SSSR count). The summed E-state index contributed by atoms with van der Waals surface area (Å²) in [6.45, 7) is 11.3. The molecule has 0 aromatic rings. The number of aliphatic hydroxyl groups excluding tert-OH is 1. The molecule has 1 N–H and O–H groups in total. The molecule has 0 aromatic heterocycles. The molecule has 0 bridgehead atoms.